The second-order valence-corrected chi connectivity index (χ2v) is 7.93. The van der Waals surface area contributed by atoms with Crippen LogP contribution in [0.2, 0.25) is 10.0 Å². The maximum absolute atomic E-state index is 12.3. The van der Waals surface area contributed by atoms with E-state index in [1.807, 2.05) is 11.5 Å². The summed E-state index contributed by atoms with van der Waals surface area (Å²) in [5, 5.41) is 12.9. The van der Waals surface area contributed by atoms with Crippen molar-refractivity contribution in [3.8, 4) is 11.4 Å². The van der Waals surface area contributed by atoms with Crippen molar-refractivity contribution in [1.82, 2.24) is 14.8 Å². The molecular weight excluding hydrogens is 431 g/mol. The van der Waals surface area contributed by atoms with E-state index in [9.17, 15) is 9.59 Å². The number of rotatable bonds is 7. The molecule has 150 valence electrons. The van der Waals surface area contributed by atoms with E-state index in [1.165, 1.54) is 18.7 Å². The SMILES string of the molecule is CCn1c(SCC(=O)Nc2cccc(C(C)=O)c2)nnc1-c1ccc(Cl)cc1Cl. The van der Waals surface area contributed by atoms with E-state index in [0.29, 0.717) is 38.8 Å². The zero-order chi connectivity index (χ0) is 21.0. The molecule has 3 rings (SSSR count). The fraction of sp³-hybridized carbons (Fsp3) is 0.200. The average Bonchev–Trinajstić information content (AvgIpc) is 3.09. The maximum Gasteiger partial charge on any atom is 0.234 e. The van der Waals surface area contributed by atoms with E-state index in [0.717, 1.165) is 5.56 Å². The molecule has 0 bridgehead atoms. The van der Waals surface area contributed by atoms with E-state index >= 15 is 0 Å². The quantitative estimate of drug-likeness (QED) is 0.396. The summed E-state index contributed by atoms with van der Waals surface area (Å²) in [5.74, 6) is 0.509. The number of halogens is 2. The Morgan fingerprint density at radius 2 is 1.93 bits per heavy atom. The fourth-order valence-corrected chi connectivity index (χ4v) is 3.99. The number of Topliss-reactive ketones (excluding diaryl/α,β-unsaturated/α-hetero) is 1. The number of carbonyl (C=O) groups is 2. The summed E-state index contributed by atoms with van der Waals surface area (Å²) < 4.78 is 1.89. The molecule has 29 heavy (non-hydrogen) atoms. The van der Waals surface area contributed by atoms with Crippen molar-refractivity contribution < 1.29 is 9.59 Å². The van der Waals surface area contributed by atoms with Gasteiger partial charge in [-0.25, -0.2) is 0 Å². The number of amides is 1. The largest absolute Gasteiger partial charge is 0.325 e. The van der Waals surface area contributed by atoms with Crippen LogP contribution in [0, 0.1) is 0 Å². The van der Waals surface area contributed by atoms with Gasteiger partial charge >= 0.3 is 0 Å². The third-order valence-electron chi connectivity index (χ3n) is 4.09. The van der Waals surface area contributed by atoms with E-state index < -0.39 is 0 Å². The van der Waals surface area contributed by atoms with Crippen molar-refractivity contribution in [2.45, 2.75) is 25.5 Å². The Hall–Kier alpha value is -2.35. The van der Waals surface area contributed by atoms with Crippen LogP contribution in [-0.4, -0.2) is 32.2 Å². The van der Waals surface area contributed by atoms with Crippen LogP contribution in [0.5, 0.6) is 0 Å². The van der Waals surface area contributed by atoms with Gasteiger partial charge in [-0.3, -0.25) is 9.59 Å². The minimum atomic E-state index is -0.201. The summed E-state index contributed by atoms with van der Waals surface area (Å²) in [6.07, 6.45) is 0. The molecule has 0 fully saturated rings. The van der Waals surface area contributed by atoms with E-state index in [2.05, 4.69) is 15.5 Å². The number of nitrogens with zero attached hydrogens (tertiary/aromatic N) is 3. The van der Waals surface area contributed by atoms with Crippen LogP contribution >= 0.6 is 35.0 Å². The Morgan fingerprint density at radius 3 is 2.62 bits per heavy atom. The molecule has 1 aromatic heterocycles. The van der Waals surface area contributed by atoms with Crippen molar-refractivity contribution in [2.75, 3.05) is 11.1 Å². The number of nitrogens with one attached hydrogen (secondary N) is 1. The Balaban J connectivity index is 1.71. The van der Waals surface area contributed by atoms with Crippen molar-refractivity contribution in [1.29, 1.82) is 0 Å². The molecule has 0 atom stereocenters. The lowest BCUT2D eigenvalue weighted by Crippen LogP contribution is -2.15. The summed E-state index contributed by atoms with van der Waals surface area (Å²) in [6, 6.07) is 12.0. The van der Waals surface area contributed by atoms with Crippen LogP contribution in [0.15, 0.2) is 47.6 Å². The van der Waals surface area contributed by atoms with Gasteiger partial charge in [-0.15, -0.1) is 10.2 Å². The lowest BCUT2D eigenvalue weighted by molar-refractivity contribution is -0.113. The van der Waals surface area contributed by atoms with Gasteiger partial charge in [-0.05, 0) is 44.2 Å². The summed E-state index contributed by atoms with van der Waals surface area (Å²) >= 11 is 13.5. The first-order valence-electron chi connectivity index (χ1n) is 8.81. The van der Waals surface area contributed by atoms with Crippen molar-refractivity contribution in [3.63, 3.8) is 0 Å². The Labute approximate surface area is 182 Å². The number of anilines is 1. The Kier molecular flexibility index (Phi) is 6.95. The molecule has 0 saturated heterocycles. The van der Waals surface area contributed by atoms with Gasteiger partial charge in [0.2, 0.25) is 5.91 Å². The maximum atomic E-state index is 12.3. The van der Waals surface area contributed by atoms with Crippen LogP contribution in [0.4, 0.5) is 5.69 Å². The van der Waals surface area contributed by atoms with Gasteiger partial charge in [-0.1, -0.05) is 47.1 Å². The molecule has 0 aliphatic carbocycles. The highest BCUT2D eigenvalue weighted by Gasteiger charge is 2.17. The van der Waals surface area contributed by atoms with E-state index in [-0.39, 0.29) is 17.4 Å². The molecule has 1 N–H and O–H groups in total. The van der Waals surface area contributed by atoms with Crippen molar-refractivity contribution in [3.05, 3.63) is 58.1 Å². The first-order chi connectivity index (χ1) is 13.9. The lowest BCUT2D eigenvalue weighted by Gasteiger charge is -2.09. The summed E-state index contributed by atoms with van der Waals surface area (Å²) in [4.78, 5) is 23.8. The van der Waals surface area contributed by atoms with Crippen LogP contribution in [0.3, 0.4) is 0 Å². The van der Waals surface area contributed by atoms with Crippen molar-refractivity contribution in [2.24, 2.45) is 0 Å². The highest BCUT2D eigenvalue weighted by atomic mass is 35.5. The zero-order valence-corrected chi connectivity index (χ0v) is 18.1. The smallest absolute Gasteiger partial charge is 0.234 e. The van der Waals surface area contributed by atoms with Gasteiger partial charge in [0.15, 0.2) is 16.8 Å². The minimum absolute atomic E-state index is 0.0556. The number of hydrogen-bond acceptors (Lipinski definition) is 5. The molecule has 1 amide bonds. The zero-order valence-electron chi connectivity index (χ0n) is 15.8. The minimum Gasteiger partial charge on any atom is -0.325 e. The Morgan fingerprint density at radius 1 is 1.14 bits per heavy atom. The molecule has 0 unspecified atom stereocenters. The third-order valence-corrected chi connectivity index (χ3v) is 5.60. The summed E-state index contributed by atoms with van der Waals surface area (Å²) in [6.45, 7) is 4.07. The highest BCUT2D eigenvalue weighted by molar-refractivity contribution is 7.99. The number of hydrogen-bond donors (Lipinski definition) is 1. The standard InChI is InChI=1S/C20H18Cl2N4O2S/c1-3-26-19(16-8-7-14(21)10-17(16)22)24-25-20(26)29-11-18(28)23-15-6-4-5-13(9-15)12(2)27/h4-10H,3,11H2,1-2H3,(H,23,28). The molecular formula is C20H18Cl2N4O2S. The monoisotopic (exact) mass is 448 g/mol. The Bertz CT molecular complexity index is 1070. The first-order valence-corrected chi connectivity index (χ1v) is 10.6. The van der Waals surface area contributed by atoms with Gasteiger partial charge in [0, 0.05) is 28.4 Å². The molecule has 0 radical (unpaired) electrons. The molecule has 0 aliphatic heterocycles. The predicted octanol–water partition coefficient (Wildman–Crippen LogP) is 5.21. The number of thioether (sulfide) groups is 1. The first kappa shape index (κ1) is 21.4. The third kappa shape index (κ3) is 5.18. The van der Waals surface area contributed by atoms with Crippen LogP contribution in [0.1, 0.15) is 24.2 Å². The van der Waals surface area contributed by atoms with Gasteiger partial charge in [0.1, 0.15) is 0 Å². The van der Waals surface area contributed by atoms with Crippen LogP contribution < -0.4 is 5.32 Å². The number of benzene rings is 2. The number of ketones is 1. The molecule has 0 aliphatic rings. The number of aromatic nitrogens is 3. The molecule has 0 saturated carbocycles. The van der Waals surface area contributed by atoms with Gasteiger partial charge < -0.3 is 9.88 Å². The topological polar surface area (TPSA) is 76.9 Å². The van der Waals surface area contributed by atoms with Crippen LogP contribution in [0.25, 0.3) is 11.4 Å². The van der Waals surface area contributed by atoms with E-state index in [1.54, 1.807) is 42.5 Å². The van der Waals surface area contributed by atoms with E-state index in [4.69, 9.17) is 23.2 Å². The van der Waals surface area contributed by atoms with Gasteiger partial charge in [-0.2, -0.15) is 0 Å². The predicted molar refractivity (Wildman–Crippen MR) is 117 cm³/mol. The molecule has 3 aromatic rings. The van der Waals surface area contributed by atoms with Gasteiger partial charge in [0.25, 0.3) is 0 Å². The second kappa shape index (κ2) is 9.43. The molecule has 0 spiro atoms. The average molecular weight is 449 g/mol. The normalized spacial score (nSPS) is 10.8. The number of carbonyl (C=O) groups excluding carboxylic acids is 2. The summed E-state index contributed by atoms with van der Waals surface area (Å²) in [7, 11) is 0. The molecule has 6 nitrogen and oxygen atoms in total. The highest BCUT2D eigenvalue weighted by Crippen LogP contribution is 2.31. The molecule has 9 heteroatoms. The fourth-order valence-electron chi connectivity index (χ4n) is 2.69. The van der Waals surface area contributed by atoms with Gasteiger partial charge in [0.05, 0.1) is 10.8 Å². The summed E-state index contributed by atoms with van der Waals surface area (Å²) in [5.41, 5.74) is 1.85. The van der Waals surface area contributed by atoms with Crippen molar-refractivity contribution >= 4 is 52.3 Å². The second-order valence-electron chi connectivity index (χ2n) is 6.15. The van der Waals surface area contributed by atoms with Crippen LogP contribution in [-0.2, 0) is 11.3 Å². The molecule has 1 heterocycles. The lowest BCUT2D eigenvalue weighted by atomic mass is 10.1. The molecule has 2 aromatic carbocycles.